The molecule has 0 spiro atoms. The van der Waals surface area contributed by atoms with Crippen molar-refractivity contribution in [3.8, 4) is 28.1 Å². The summed E-state index contributed by atoms with van der Waals surface area (Å²) in [4.78, 5) is 15.9. The maximum Gasteiger partial charge on any atom is 0.418 e. The molecule has 11 heteroatoms. The number of carbonyl (C=O) groups excluding carboxylic acids is 1. The fraction of sp³-hybridized carbons (Fsp3) is 0.478. The molecule has 0 atom stereocenters. The van der Waals surface area contributed by atoms with Gasteiger partial charge in [-0.1, -0.05) is 120 Å². The minimum Gasteiger partial charge on any atom is -0.521 e. The van der Waals surface area contributed by atoms with Gasteiger partial charge in [0.05, 0.1) is 22.5 Å². The van der Waals surface area contributed by atoms with Crippen LogP contribution >= 0.6 is 0 Å². The summed E-state index contributed by atoms with van der Waals surface area (Å²) >= 11 is 0. The second-order valence-corrected chi connectivity index (χ2v) is 16.4. The molecule has 0 bridgehead atoms. The zero-order valence-corrected chi connectivity index (χ0v) is 36.7. The number of aliphatic hydroxyl groups is 1. The maximum absolute atomic E-state index is 14.1. The fourth-order valence-corrected chi connectivity index (χ4v) is 7.08. The van der Waals surface area contributed by atoms with Crippen LogP contribution in [0.5, 0.6) is 5.75 Å². The molecular formula is C46H54F6IrNO3-. The van der Waals surface area contributed by atoms with Crippen molar-refractivity contribution in [1.29, 1.82) is 0 Å². The number of fused-ring (bicyclic) bond motifs is 3. The molecule has 4 aromatic rings. The molecule has 0 unspecified atom stereocenters. The Balaban J connectivity index is 0.000000464. The third-order valence-electron chi connectivity index (χ3n) is 11.6. The van der Waals surface area contributed by atoms with E-state index in [1.807, 2.05) is 65.8 Å². The van der Waals surface area contributed by atoms with Crippen LogP contribution in [0.1, 0.15) is 112 Å². The number of nitrogens with zero attached hydrogens (tertiary/aromatic N) is 1. The average Bonchev–Trinajstić information content (AvgIpc) is 3.31. The number of hydrogen-bond acceptors (Lipinski definition) is 4. The van der Waals surface area contributed by atoms with E-state index in [9.17, 15) is 36.2 Å². The summed E-state index contributed by atoms with van der Waals surface area (Å²) in [5.41, 5.74) is -1.86. The van der Waals surface area contributed by atoms with Gasteiger partial charge in [-0.15, -0.1) is 17.5 Å². The third-order valence-corrected chi connectivity index (χ3v) is 11.6. The Morgan fingerprint density at radius 3 is 1.96 bits per heavy atom. The van der Waals surface area contributed by atoms with E-state index in [0.29, 0.717) is 16.9 Å². The van der Waals surface area contributed by atoms with Crippen molar-refractivity contribution in [3.05, 3.63) is 95.4 Å². The Labute approximate surface area is 346 Å². The van der Waals surface area contributed by atoms with Crippen molar-refractivity contribution in [2.45, 2.75) is 125 Å². The molecule has 0 aliphatic carbocycles. The van der Waals surface area contributed by atoms with Crippen molar-refractivity contribution in [2.24, 2.45) is 17.3 Å². The summed E-state index contributed by atoms with van der Waals surface area (Å²) in [6.07, 6.45) is -3.72. The standard InChI is InChI=1S/C33H30F6NO.C13H24O2.Ir/c1-29(2,33(37,38)39)17-19-11-13-20(14-12-19)23-16-26(40-18-25(23)32(34,35)36)24-15-21-9-7-8-10-22(21)27-28(24)41-31(5,6)30(27,3)4;1-5-10(6-2)12(14)9-13(15)11(7-3)8-4;/h7-14,16,18H,17H2,1-6H3;9-11,14H,5-8H2,1-4H3;/q-1;;/b;12-9-;. The van der Waals surface area contributed by atoms with Gasteiger partial charge in [0.25, 0.3) is 0 Å². The molecule has 3 aromatic carbocycles. The summed E-state index contributed by atoms with van der Waals surface area (Å²) in [5.74, 6) is 1.08. The van der Waals surface area contributed by atoms with Crippen LogP contribution in [0.15, 0.2) is 72.6 Å². The summed E-state index contributed by atoms with van der Waals surface area (Å²) in [7, 11) is 0. The Bertz CT molecular complexity index is 2040. The van der Waals surface area contributed by atoms with Crippen LogP contribution in [0.4, 0.5) is 26.3 Å². The summed E-state index contributed by atoms with van der Waals surface area (Å²) in [6, 6.07) is 18.1. The molecule has 0 saturated heterocycles. The zero-order valence-electron chi connectivity index (χ0n) is 34.4. The van der Waals surface area contributed by atoms with Crippen molar-refractivity contribution in [2.75, 3.05) is 0 Å². The van der Waals surface area contributed by atoms with Gasteiger partial charge in [0.15, 0.2) is 5.78 Å². The maximum atomic E-state index is 14.1. The molecule has 1 N–H and O–H groups in total. The molecular weight excluding hydrogens is 921 g/mol. The van der Waals surface area contributed by atoms with Gasteiger partial charge in [-0.05, 0) is 62.6 Å². The summed E-state index contributed by atoms with van der Waals surface area (Å²) in [5, 5.41) is 11.5. The van der Waals surface area contributed by atoms with Gasteiger partial charge in [0, 0.05) is 55.3 Å². The van der Waals surface area contributed by atoms with Crippen LogP contribution in [-0.4, -0.2) is 27.7 Å². The van der Waals surface area contributed by atoms with Crippen LogP contribution in [0.25, 0.3) is 33.2 Å². The number of rotatable bonds is 11. The number of ketones is 1. The van der Waals surface area contributed by atoms with E-state index in [0.717, 1.165) is 62.1 Å². The van der Waals surface area contributed by atoms with Crippen molar-refractivity contribution in [3.63, 3.8) is 0 Å². The first-order valence-corrected chi connectivity index (χ1v) is 19.3. The normalized spacial score (nSPS) is 15.2. The topological polar surface area (TPSA) is 59.4 Å². The number of halogens is 6. The minimum absolute atomic E-state index is 0. The van der Waals surface area contributed by atoms with E-state index in [-0.39, 0.29) is 66.7 Å². The van der Waals surface area contributed by atoms with E-state index in [1.54, 1.807) is 0 Å². The number of hydrogen-bond donors (Lipinski definition) is 1. The molecule has 5 rings (SSSR count). The second-order valence-electron chi connectivity index (χ2n) is 16.4. The van der Waals surface area contributed by atoms with Crippen molar-refractivity contribution >= 4 is 16.6 Å². The number of aliphatic hydroxyl groups excluding tert-OH is 1. The molecule has 1 aliphatic heterocycles. The van der Waals surface area contributed by atoms with Crippen molar-refractivity contribution in [1.82, 2.24) is 4.98 Å². The molecule has 0 amide bonds. The van der Waals surface area contributed by atoms with Crippen LogP contribution in [0.3, 0.4) is 0 Å². The molecule has 1 aliphatic rings. The molecule has 1 radical (unpaired) electrons. The third kappa shape index (κ3) is 10.1. The predicted octanol–water partition coefficient (Wildman–Crippen LogP) is 13.8. The number of benzene rings is 3. The van der Waals surface area contributed by atoms with E-state index < -0.39 is 34.3 Å². The monoisotopic (exact) mass is 975 g/mol. The molecule has 313 valence electrons. The number of allylic oxidation sites excluding steroid dienone is 2. The minimum atomic E-state index is -4.70. The molecule has 4 nitrogen and oxygen atoms in total. The van der Waals surface area contributed by atoms with Gasteiger partial charge in [0.2, 0.25) is 0 Å². The quantitative estimate of drug-likeness (QED) is 0.0704. The molecule has 2 heterocycles. The van der Waals surface area contributed by atoms with Gasteiger partial charge < -0.3 is 9.84 Å². The van der Waals surface area contributed by atoms with Gasteiger partial charge in [-0.2, -0.15) is 26.3 Å². The van der Waals surface area contributed by atoms with Gasteiger partial charge >= 0.3 is 12.4 Å². The van der Waals surface area contributed by atoms with Gasteiger partial charge in [-0.25, -0.2) is 0 Å². The fourth-order valence-electron chi connectivity index (χ4n) is 7.08. The Hall–Kier alpha value is -3.69. The van der Waals surface area contributed by atoms with E-state index >= 15 is 0 Å². The second kappa shape index (κ2) is 18.1. The van der Waals surface area contributed by atoms with E-state index in [1.165, 1.54) is 36.4 Å². The first-order chi connectivity index (χ1) is 25.9. The summed E-state index contributed by atoms with van der Waals surface area (Å²) in [6.45, 7) is 18.4. The van der Waals surface area contributed by atoms with E-state index in [2.05, 4.69) is 24.9 Å². The van der Waals surface area contributed by atoms with Crippen LogP contribution in [-0.2, 0) is 42.9 Å². The average molecular weight is 975 g/mol. The largest absolute Gasteiger partial charge is 0.521 e. The SMILES string of the molecule is CC(C)(Cc1ccc(-c2cc(-c3[c-]c4ccccc4c4c3OC(C)(C)C4(C)C)ncc2C(F)(F)F)cc1)C(F)(F)F.CCC(CC)C(=O)/C=C(\O)C(CC)CC.[Ir]. The van der Waals surface area contributed by atoms with Crippen LogP contribution in [0.2, 0.25) is 0 Å². The van der Waals surface area contributed by atoms with Crippen molar-refractivity contribution < 1.29 is 61.1 Å². The molecule has 0 fully saturated rings. The Kier molecular flexibility index (Phi) is 15.1. The van der Waals surface area contributed by atoms with Crippen LogP contribution < -0.4 is 4.74 Å². The first-order valence-electron chi connectivity index (χ1n) is 19.3. The number of alkyl halides is 6. The number of pyridine rings is 1. The molecule has 57 heavy (non-hydrogen) atoms. The number of aromatic nitrogens is 1. The smallest absolute Gasteiger partial charge is 0.418 e. The van der Waals surface area contributed by atoms with Gasteiger partial charge in [-0.3, -0.25) is 9.78 Å². The molecule has 1 aromatic heterocycles. The number of ether oxygens (including phenoxy) is 1. The Morgan fingerprint density at radius 2 is 1.44 bits per heavy atom. The van der Waals surface area contributed by atoms with Crippen LogP contribution in [0, 0.1) is 23.3 Å². The predicted molar refractivity (Wildman–Crippen MR) is 212 cm³/mol. The Morgan fingerprint density at radius 1 is 0.877 bits per heavy atom. The zero-order chi connectivity index (χ0) is 42.0. The molecule has 0 saturated carbocycles. The summed E-state index contributed by atoms with van der Waals surface area (Å²) < 4.78 is 89.0. The first kappa shape index (κ1) is 47.7. The van der Waals surface area contributed by atoms with Gasteiger partial charge in [0.1, 0.15) is 5.60 Å². The van der Waals surface area contributed by atoms with E-state index in [4.69, 9.17) is 4.74 Å². The number of carbonyl (C=O) groups is 1.